The van der Waals surface area contributed by atoms with Crippen molar-refractivity contribution in [1.29, 1.82) is 0 Å². The molecular formula is C12H12N2O5. The predicted octanol–water partition coefficient (Wildman–Crippen LogP) is -0.0793. The van der Waals surface area contributed by atoms with E-state index in [0.717, 1.165) is 7.11 Å². The van der Waals surface area contributed by atoms with E-state index < -0.39 is 17.6 Å². The summed E-state index contributed by atoms with van der Waals surface area (Å²) >= 11 is 0. The number of aromatic nitrogens is 1. The summed E-state index contributed by atoms with van der Waals surface area (Å²) in [5.74, 6) is -2.23. The fourth-order valence-corrected chi connectivity index (χ4v) is 1.64. The van der Waals surface area contributed by atoms with Gasteiger partial charge in [0.15, 0.2) is 5.58 Å². The summed E-state index contributed by atoms with van der Waals surface area (Å²) in [7, 11) is 2.74. The number of amides is 1. The molecule has 1 aromatic carbocycles. The van der Waals surface area contributed by atoms with E-state index in [1.54, 1.807) is 25.2 Å². The molecule has 0 saturated heterocycles. The number of carbonyl (C=O) groups is 2. The molecule has 100 valence electrons. The summed E-state index contributed by atoms with van der Waals surface area (Å²) in [5, 5.41) is 2.40. The van der Waals surface area contributed by atoms with Gasteiger partial charge in [0.1, 0.15) is 0 Å². The van der Waals surface area contributed by atoms with Gasteiger partial charge in [-0.3, -0.25) is 9.36 Å². The van der Waals surface area contributed by atoms with Crippen molar-refractivity contribution in [2.24, 2.45) is 7.05 Å². The standard InChI is InChI=1S/C12H12N2O5/c1-14-8-4-3-7(5-9(8)19-12(14)17)6-13-10(15)11(16)18-2/h3-5H,6H2,1-2H3,(H,13,15). The third kappa shape index (κ3) is 2.49. The molecule has 0 radical (unpaired) electrons. The number of nitrogens with zero attached hydrogens (tertiary/aromatic N) is 1. The Labute approximate surface area is 107 Å². The normalized spacial score (nSPS) is 10.4. The Kier molecular flexibility index (Phi) is 3.37. The van der Waals surface area contributed by atoms with Crippen LogP contribution in [0.3, 0.4) is 0 Å². The van der Waals surface area contributed by atoms with Crippen LogP contribution >= 0.6 is 0 Å². The van der Waals surface area contributed by atoms with Crippen LogP contribution in [-0.2, 0) is 27.9 Å². The zero-order chi connectivity index (χ0) is 14.0. The molecule has 0 aliphatic rings. The third-order valence-electron chi connectivity index (χ3n) is 2.68. The van der Waals surface area contributed by atoms with Crippen LogP contribution in [0.25, 0.3) is 11.1 Å². The monoisotopic (exact) mass is 264 g/mol. The van der Waals surface area contributed by atoms with Crippen LogP contribution in [0.4, 0.5) is 0 Å². The molecule has 0 fully saturated rings. The molecule has 0 unspecified atom stereocenters. The number of hydrogen-bond acceptors (Lipinski definition) is 5. The highest BCUT2D eigenvalue weighted by Crippen LogP contribution is 2.14. The average Bonchev–Trinajstić information content (AvgIpc) is 2.70. The lowest BCUT2D eigenvalue weighted by Gasteiger charge is -2.03. The molecule has 0 saturated carbocycles. The van der Waals surface area contributed by atoms with Gasteiger partial charge in [-0.05, 0) is 17.7 Å². The summed E-state index contributed by atoms with van der Waals surface area (Å²) in [6, 6.07) is 5.07. The van der Waals surface area contributed by atoms with Crippen LogP contribution < -0.4 is 11.1 Å². The molecule has 0 atom stereocenters. The van der Waals surface area contributed by atoms with Crippen LogP contribution in [-0.4, -0.2) is 23.6 Å². The van der Waals surface area contributed by atoms with E-state index in [1.807, 2.05) is 0 Å². The lowest BCUT2D eigenvalue weighted by molar-refractivity contribution is -0.152. The van der Waals surface area contributed by atoms with Crippen molar-refractivity contribution in [1.82, 2.24) is 9.88 Å². The summed E-state index contributed by atoms with van der Waals surface area (Å²) in [6.45, 7) is 0.141. The number of rotatable bonds is 2. The quantitative estimate of drug-likeness (QED) is 0.605. The minimum absolute atomic E-state index is 0.141. The Bertz CT molecular complexity index is 698. The minimum atomic E-state index is -0.952. The van der Waals surface area contributed by atoms with Gasteiger partial charge in [0.25, 0.3) is 0 Å². The predicted molar refractivity (Wildman–Crippen MR) is 65.3 cm³/mol. The van der Waals surface area contributed by atoms with E-state index in [4.69, 9.17) is 4.42 Å². The molecule has 2 aromatic rings. The number of ether oxygens (including phenoxy) is 1. The maximum Gasteiger partial charge on any atom is 0.419 e. The number of benzene rings is 1. The molecule has 1 heterocycles. The smallest absolute Gasteiger partial charge is 0.419 e. The number of oxazole rings is 1. The van der Waals surface area contributed by atoms with Gasteiger partial charge in [0.05, 0.1) is 12.6 Å². The third-order valence-corrected chi connectivity index (χ3v) is 2.68. The van der Waals surface area contributed by atoms with Gasteiger partial charge in [0.2, 0.25) is 0 Å². The number of nitrogens with one attached hydrogen (secondary N) is 1. The van der Waals surface area contributed by atoms with Crippen LogP contribution in [0, 0.1) is 0 Å². The summed E-state index contributed by atoms with van der Waals surface area (Å²) in [6.07, 6.45) is 0. The highest BCUT2D eigenvalue weighted by Gasteiger charge is 2.13. The average molecular weight is 264 g/mol. The Morgan fingerprint density at radius 2 is 2.16 bits per heavy atom. The number of fused-ring (bicyclic) bond motifs is 1. The first kappa shape index (κ1) is 12.9. The second-order valence-electron chi connectivity index (χ2n) is 3.90. The first-order chi connectivity index (χ1) is 9.02. The highest BCUT2D eigenvalue weighted by molar-refractivity contribution is 6.32. The number of esters is 1. The van der Waals surface area contributed by atoms with Crippen LogP contribution in [0.2, 0.25) is 0 Å². The van der Waals surface area contributed by atoms with E-state index in [9.17, 15) is 14.4 Å². The fourth-order valence-electron chi connectivity index (χ4n) is 1.64. The van der Waals surface area contributed by atoms with Crippen molar-refractivity contribution in [2.75, 3.05) is 7.11 Å². The Hall–Kier alpha value is -2.57. The molecule has 2 rings (SSSR count). The zero-order valence-electron chi connectivity index (χ0n) is 10.4. The lowest BCUT2D eigenvalue weighted by Crippen LogP contribution is -2.31. The van der Waals surface area contributed by atoms with Crippen LogP contribution in [0.15, 0.2) is 27.4 Å². The topological polar surface area (TPSA) is 90.5 Å². The van der Waals surface area contributed by atoms with Gasteiger partial charge in [-0.1, -0.05) is 6.07 Å². The van der Waals surface area contributed by atoms with E-state index in [2.05, 4.69) is 10.1 Å². The Morgan fingerprint density at radius 1 is 1.42 bits per heavy atom. The van der Waals surface area contributed by atoms with E-state index in [0.29, 0.717) is 16.7 Å². The molecule has 0 bridgehead atoms. The Balaban J connectivity index is 2.16. The molecule has 1 amide bonds. The van der Waals surface area contributed by atoms with Gasteiger partial charge in [0, 0.05) is 13.6 Å². The van der Waals surface area contributed by atoms with Gasteiger partial charge in [-0.2, -0.15) is 0 Å². The second kappa shape index (κ2) is 4.97. The number of hydrogen-bond donors (Lipinski definition) is 1. The molecule has 0 aliphatic heterocycles. The first-order valence-electron chi connectivity index (χ1n) is 5.47. The maximum absolute atomic E-state index is 11.3. The zero-order valence-corrected chi connectivity index (χ0v) is 10.4. The second-order valence-corrected chi connectivity index (χ2v) is 3.90. The number of carbonyl (C=O) groups excluding carboxylic acids is 2. The van der Waals surface area contributed by atoms with Crippen LogP contribution in [0.5, 0.6) is 0 Å². The summed E-state index contributed by atoms with van der Waals surface area (Å²) in [4.78, 5) is 33.4. The van der Waals surface area contributed by atoms with E-state index in [1.165, 1.54) is 4.57 Å². The van der Waals surface area contributed by atoms with Crippen molar-refractivity contribution < 1.29 is 18.7 Å². The van der Waals surface area contributed by atoms with Gasteiger partial charge < -0.3 is 14.5 Å². The number of methoxy groups -OCH3 is 1. The Morgan fingerprint density at radius 3 is 2.84 bits per heavy atom. The summed E-state index contributed by atoms with van der Waals surface area (Å²) < 4.78 is 10.7. The molecule has 19 heavy (non-hydrogen) atoms. The molecule has 0 aliphatic carbocycles. The van der Waals surface area contributed by atoms with Gasteiger partial charge >= 0.3 is 17.6 Å². The van der Waals surface area contributed by atoms with Crippen molar-refractivity contribution >= 4 is 23.0 Å². The lowest BCUT2D eigenvalue weighted by atomic mass is 10.2. The molecule has 1 aromatic heterocycles. The van der Waals surface area contributed by atoms with Crippen molar-refractivity contribution in [3.63, 3.8) is 0 Å². The first-order valence-corrected chi connectivity index (χ1v) is 5.47. The molecule has 1 N–H and O–H groups in total. The molecule has 7 nitrogen and oxygen atoms in total. The van der Waals surface area contributed by atoms with Crippen LogP contribution in [0.1, 0.15) is 5.56 Å². The fraction of sp³-hybridized carbons (Fsp3) is 0.250. The van der Waals surface area contributed by atoms with Crippen molar-refractivity contribution in [3.05, 3.63) is 34.3 Å². The molecular weight excluding hydrogens is 252 g/mol. The minimum Gasteiger partial charge on any atom is -0.462 e. The maximum atomic E-state index is 11.3. The largest absolute Gasteiger partial charge is 0.462 e. The van der Waals surface area contributed by atoms with Crippen molar-refractivity contribution in [3.8, 4) is 0 Å². The molecule has 7 heteroatoms. The SMILES string of the molecule is COC(=O)C(=O)NCc1ccc2c(c1)oc(=O)n2C. The molecule has 0 spiro atoms. The van der Waals surface area contributed by atoms with Gasteiger partial charge in [-0.15, -0.1) is 0 Å². The number of aryl methyl sites for hydroxylation is 1. The highest BCUT2D eigenvalue weighted by atomic mass is 16.5. The van der Waals surface area contributed by atoms with E-state index >= 15 is 0 Å². The van der Waals surface area contributed by atoms with Crippen molar-refractivity contribution in [2.45, 2.75) is 6.54 Å². The van der Waals surface area contributed by atoms with Gasteiger partial charge in [-0.25, -0.2) is 9.59 Å². The van der Waals surface area contributed by atoms with E-state index in [-0.39, 0.29) is 6.54 Å². The summed E-state index contributed by atoms with van der Waals surface area (Å²) in [5.41, 5.74) is 1.80.